The lowest BCUT2D eigenvalue weighted by Crippen LogP contribution is -2.19. The Labute approximate surface area is 118 Å². The molecule has 1 fully saturated rings. The van der Waals surface area contributed by atoms with Crippen LogP contribution >= 0.6 is 0 Å². The summed E-state index contributed by atoms with van der Waals surface area (Å²) in [6.07, 6.45) is 3.95. The van der Waals surface area contributed by atoms with Crippen molar-refractivity contribution in [3.05, 3.63) is 29.8 Å². The average molecular weight is 260 g/mol. The fourth-order valence-electron chi connectivity index (χ4n) is 3.01. The number of hydrogen-bond donors (Lipinski definition) is 1. The summed E-state index contributed by atoms with van der Waals surface area (Å²) in [6.45, 7) is 10.5. The molecule has 106 valence electrons. The summed E-state index contributed by atoms with van der Waals surface area (Å²) in [6, 6.07) is 9.47. The molecule has 0 aliphatic carbocycles. The lowest BCUT2D eigenvalue weighted by molar-refractivity contribution is 0.331. The van der Waals surface area contributed by atoms with E-state index in [4.69, 9.17) is 0 Å². The molecule has 0 aromatic heterocycles. The number of benzene rings is 1. The van der Waals surface area contributed by atoms with Gasteiger partial charge in [-0.2, -0.15) is 0 Å². The zero-order valence-electron chi connectivity index (χ0n) is 12.7. The van der Waals surface area contributed by atoms with Crippen LogP contribution in [-0.4, -0.2) is 24.0 Å². The molecule has 19 heavy (non-hydrogen) atoms. The van der Waals surface area contributed by atoms with Crippen molar-refractivity contribution in [2.75, 3.05) is 18.4 Å². The van der Waals surface area contributed by atoms with E-state index in [-0.39, 0.29) is 0 Å². The van der Waals surface area contributed by atoms with Gasteiger partial charge in [-0.05, 0) is 62.9 Å². The molecular formula is C17H28N2. The Morgan fingerprint density at radius 3 is 2.58 bits per heavy atom. The molecule has 1 heterocycles. The summed E-state index contributed by atoms with van der Waals surface area (Å²) in [4.78, 5) is 2.55. The van der Waals surface area contributed by atoms with Crippen molar-refractivity contribution < 1.29 is 0 Å². The smallest absolute Gasteiger partial charge is 0.0345 e. The van der Waals surface area contributed by atoms with E-state index in [0.717, 1.165) is 12.5 Å². The summed E-state index contributed by atoms with van der Waals surface area (Å²) in [5.74, 6) is 0.746. The van der Waals surface area contributed by atoms with Gasteiger partial charge in [-0.25, -0.2) is 0 Å². The molecule has 1 unspecified atom stereocenters. The van der Waals surface area contributed by atoms with Gasteiger partial charge in [0.15, 0.2) is 0 Å². The molecule has 1 atom stereocenters. The van der Waals surface area contributed by atoms with Crippen LogP contribution in [0, 0.1) is 5.92 Å². The van der Waals surface area contributed by atoms with Crippen LogP contribution in [-0.2, 0) is 6.54 Å². The number of anilines is 1. The maximum absolute atomic E-state index is 3.62. The number of nitrogens with zero attached hydrogens (tertiary/aromatic N) is 1. The molecule has 0 spiro atoms. The second-order valence-corrected chi connectivity index (χ2v) is 6.36. The van der Waals surface area contributed by atoms with Gasteiger partial charge in [0.1, 0.15) is 0 Å². The number of likely N-dealkylation sites (tertiary alicyclic amines) is 1. The second kappa shape index (κ2) is 6.95. The van der Waals surface area contributed by atoms with E-state index in [2.05, 4.69) is 55.3 Å². The third kappa shape index (κ3) is 4.87. The predicted molar refractivity (Wildman–Crippen MR) is 83.5 cm³/mol. The maximum Gasteiger partial charge on any atom is 0.0345 e. The summed E-state index contributed by atoms with van der Waals surface area (Å²) in [5, 5.41) is 3.62. The quantitative estimate of drug-likeness (QED) is 0.827. The maximum atomic E-state index is 3.62. The number of hydrogen-bond acceptors (Lipinski definition) is 2. The minimum absolute atomic E-state index is 0.544. The first-order valence-corrected chi connectivity index (χ1v) is 7.71. The van der Waals surface area contributed by atoms with Gasteiger partial charge in [0.25, 0.3) is 0 Å². The van der Waals surface area contributed by atoms with Crippen LogP contribution in [0.4, 0.5) is 5.69 Å². The molecule has 1 N–H and O–H groups in total. The van der Waals surface area contributed by atoms with Crippen molar-refractivity contribution in [1.82, 2.24) is 4.90 Å². The SMILES string of the molecule is CC(C)CC(C)Nc1cccc(CN2CCCC2)c1. The summed E-state index contributed by atoms with van der Waals surface area (Å²) in [7, 11) is 0. The highest BCUT2D eigenvalue weighted by Gasteiger charge is 2.12. The average Bonchev–Trinajstić information content (AvgIpc) is 2.81. The molecule has 0 bridgehead atoms. The zero-order chi connectivity index (χ0) is 13.7. The Morgan fingerprint density at radius 1 is 1.16 bits per heavy atom. The summed E-state index contributed by atoms with van der Waals surface area (Å²) in [5.41, 5.74) is 2.70. The highest BCUT2D eigenvalue weighted by Crippen LogP contribution is 2.18. The van der Waals surface area contributed by atoms with Gasteiger partial charge in [0, 0.05) is 18.3 Å². The van der Waals surface area contributed by atoms with Crippen LogP contribution in [0.1, 0.15) is 45.6 Å². The fourth-order valence-corrected chi connectivity index (χ4v) is 3.01. The largest absolute Gasteiger partial charge is 0.383 e. The van der Waals surface area contributed by atoms with Gasteiger partial charge in [-0.1, -0.05) is 26.0 Å². The van der Waals surface area contributed by atoms with Crippen LogP contribution in [0.2, 0.25) is 0 Å². The van der Waals surface area contributed by atoms with Crippen molar-refractivity contribution >= 4 is 5.69 Å². The minimum Gasteiger partial charge on any atom is -0.383 e. The van der Waals surface area contributed by atoms with Crippen molar-refractivity contribution in [2.24, 2.45) is 5.92 Å². The second-order valence-electron chi connectivity index (χ2n) is 6.36. The zero-order valence-corrected chi connectivity index (χ0v) is 12.7. The van der Waals surface area contributed by atoms with E-state index < -0.39 is 0 Å². The van der Waals surface area contributed by atoms with E-state index in [0.29, 0.717) is 6.04 Å². The van der Waals surface area contributed by atoms with E-state index in [1.807, 2.05) is 0 Å². The monoisotopic (exact) mass is 260 g/mol. The normalized spacial score (nSPS) is 17.9. The van der Waals surface area contributed by atoms with Gasteiger partial charge in [0.2, 0.25) is 0 Å². The highest BCUT2D eigenvalue weighted by atomic mass is 15.1. The molecule has 0 amide bonds. The van der Waals surface area contributed by atoms with Crippen molar-refractivity contribution in [3.8, 4) is 0 Å². The lowest BCUT2D eigenvalue weighted by Gasteiger charge is -2.19. The van der Waals surface area contributed by atoms with E-state index in [1.165, 1.54) is 43.6 Å². The Hall–Kier alpha value is -1.02. The molecule has 2 nitrogen and oxygen atoms in total. The molecule has 1 aromatic carbocycles. The molecule has 0 radical (unpaired) electrons. The van der Waals surface area contributed by atoms with Gasteiger partial charge in [0.05, 0.1) is 0 Å². The first-order chi connectivity index (χ1) is 9.13. The van der Waals surface area contributed by atoms with Gasteiger partial charge in [-0.3, -0.25) is 4.90 Å². The highest BCUT2D eigenvalue weighted by molar-refractivity contribution is 5.46. The van der Waals surface area contributed by atoms with E-state index in [9.17, 15) is 0 Å². The number of nitrogens with one attached hydrogen (secondary N) is 1. The van der Waals surface area contributed by atoms with E-state index in [1.54, 1.807) is 0 Å². The molecule has 2 rings (SSSR count). The molecule has 1 aromatic rings. The summed E-state index contributed by atoms with van der Waals surface area (Å²) >= 11 is 0. The van der Waals surface area contributed by atoms with Crippen molar-refractivity contribution in [2.45, 2.75) is 52.6 Å². The standard InChI is InChI=1S/C17H28N2/c1-14(2)11-15(3)18-17-8-6-7-16(12-17)13-19-9-4-5-10-19/h6-8,12,14-15,18H,4-5,9-11,13H2,1-3H3. The third-order valence-corrected chi connectivity index (χ3v) is 3.77. The lowest BCUT2D eigenvalue weighted by atomic mass is 10.0. The van der Waals surface area contributed by atoms with Gasteiger partial charge in [-0.15, -0.1) is 0 Å². The van der Waals surface area contributed by atoms with Crippen LogP contribution in [0.5, 0.6) is 0 Å². The van der Waals surface area contributed by atoms with Crippen molar-refractivity contribution in [3.63, 3.8) is 0 Å². The number of rotatable bonds is 6. The van der Waals surface area contributed by atoms with Crippen LogP contribution < -0.4 is 5.32 Å². The Morgan fingerprint density at radius 2 is 1.89 bits per heavy atom. The molecule has 1 saturated heterocycles. The topological polar surface area (TPSA) is 15.3 Å². The van der Waals surface area contributed by atoms with E-state index >= 15 is 0 Å². The molecule has 1 aliphatic rings. The van der Waals surface area contributed by atoms with Crippen molar-refractivity contribution in [1.29, 1.82) is 0 Å². The third-order valence-electron chi connectivity index (χ3n) is 3.77. The minimum atomic E-state index is 0.544. The molecule has 2 heteroatoms. The fraction of sp³-hybridized carbons (Fsp3) is 0.647. The summed E-state index contributed by atoms with van der Waals surface area (Å²) < 4.78 is 0. The predicted octanol–water partition coefficient (Wildman–Crippen LogP) is 4.13. The van der Waals surface area contributed by atoms with Gasteiger partial charge < -0.3 is 5.32 Å². The first-order valence-electron chi connectivity index (χ1n) is 7.71. The first kappa shape index (κ1) is 14.4. The van der Waals surface area contributed by atoms with Crippen LogP contribution in [0.15, 0.2) is 24.3 Å². The molecular weight excluding hydrogens is 232 g/mol. The Bertz CT molecular complexity index is 381. The van der Waals surface area contributed by atoms with Gasteiger partial charge >= 0.3 is 0 Å². The Balaban J connectivity index is 1.90. The Kier molecular flexibility index (Phi) is 5.26. The molecule has 1 aliphatic heterocycles. The molecule has 0 saturated carbocycles. The van der Waals surface area contributed by atoms with Crippen LogP contribution in [0.3, 0.4) is 0 Å². The van der Waals surface area contributed by atoms with Crippen LogP contribution in [0.25, 0.3) is 0 Å².